The Morgan fingerprint density at radius 1 is 1.19 bits per heavy atom. The maximum Gasteiger partial charge on any atom is 0.141 e. The summed E-state index contributed by atoms with van der Waals surface area (Å²) in [5.74, 6) is 1.66. The summed E-state index contributed by atoms with van der Waals surface area (Å²) < 4.78 is 7.37. The van der Waals surface area contributed by atoms with Crippen molar-refractivity contribution in [2.45, 2.75) is 13.0 Å². The molecule has 2 aromatic carbocycles. The fourth-order valence-corrected chi connectivity index (χ4v) is 2.45. The number of nitrogens with zero attached hydrogens (tertiary/aromatic N) is 3. The Hall–Kier alpha value is -2.80. The monoisotopic (exact) mass is 277 g/mol. The summed E-state index contributed by atoms with van der Waals surface area (Å²) in [5, 5.41) is 8.88. The Morgan fingerprint density at radius 3 is 2.86 bits per heavy atom. The zero-order chi connectivity index (χ0) is 14.7. The first-order valence-electron chi connectivity index (χ1n) is 6.80. The molecule has 0 N–H and O–H groups in total. The van der Waals surface area contributed by atoms with Gasteiger partial charge in [0.05, 0.1) is 30.6 Å². The molecule has 104 valence electrons. The van der Waals surface area contributed by atoms with Crippen LogP contribution < -0.4 is 4.74 Å². The number of hydrogen-bond donors (Lipinski definition) is 0. The summed E-state index contributed by atoms with van der Waals surface area (Å²) in [6.45, 7) is 0.629. The summed E-state index contributed by atoms with van der Waals surface area (Å²) in [4.78, 5) is 4.71. The molecule has 1 heterocycles. The van der Waals surface area contributed by atoms with Gasteiger partial charge in [0.2, 0.25) is 0 Å². The highest BCUT2D eigenvalue weighted by Gasteiger charge is 2.12. The van der Waals surface area contributed by atoms with Crippen LogP contribution in [0.4, 0.5) is 0 Å². The summed E-state index contributed by atoms with van der Waals surface area (Å²) in [7, 11) is 1.65. The van der Waals surface area contributed by atoms with Crippen LogP contribution in [0.5, 0.6) is 5.75 Å². The number of aromatic nitrogens is 2. The standard InChI is InChI=1S/C17H15N3O/c1-21-14-7-4-6-13(12-14)17-19-15-8-2-3-9-16(15)20(17)11-5-10-18/h2-4,6-9,12H,5,11H2,1H3. The van der Waals surface area contributed by atoms with E-state index in [1.165, 1.54) is 0 Å². The molecule has 0 radical (unpaired) electrons. The highest BCUT2D eigenvalue weighted by molar-refractivity contribution is 5.80. The van der Waals surface area contributed by atoms with Crippen molar-refractivity contribution in [2.24, 2.45) is 0 Å². The van der Waals surface area contributed by atoms with Crippen LogP contribution in [-0.4, -0.2) is 16.7 Å². The molecule has 4 heteroatoms. The normalized spacial score (nSPS) is 10.5. The van der Waals surface area contributed by atoms with Crippen LogP contribution in [-0.2, 0) is 6.54 Å². The van der Waals surface area contributed by atoms with Crippen LogP contribution >= 0.6 is 0 Å². The van der Waals surface area contributed by atoms with Crippen LogP contribution in [0.25, 0.3) is 22.4 Å². The van der Waals surface area contributed by atoms with Gasteiger partial charge < -0.3 is 9.30 Å². The maximum atomic E-state index is 8.88. The predicted octanol–water partition coefficient (Wildman–Crippen LogP) is 3.63. The zero-order valence-corrected chi connectivity index (χ0v) is 11.8. The molecule has 0 amide bonds. The molecule has 0 aliphatic heterocycles. The molecule has 0 saturated heterocycles. The van der Waals surface area contributed by atoms with Gasteiger partial charge in [0.1, 0.15) is 11.6 Å². The van der Waals surface area contributed by atoms with Gasteiger partial charge in [-0.25, -0.2) is 4.98 Å². The van der Waals surface area contributed by atoms with Crippen LogP contribution in [0.15, 0.2) is 48.5 Å². The molecule has 0 saturated carbocycles. The van der Waals surface area contributed by atoms with E-state index in [1.54, 1.807) is 7.11 Å². The van der Waals surface area contributed by atoms with E-state index in [-0.39, 0.29) is 0 Å². The van der Waals surface area contributed by atoms with Crippen molar-refractivity contribution < 1.29 is 4.74 Å². The molecule has 21 heavy (non-hydrogen) atoms. The Balaban J connectivity index is 2.18. The van der Waals surface area contributed by atoms with E-state index in [4.69, 9.17) is 15.0 Å². The maximum absolute atomic E-state index is 8.88. The van der Waals surface area contributed by atoms with Crippen molar-refractivity contribution in [1.82, 2.24) is 9.55 Å². The zero-order valence-electron chi connectivity index (χ0n) is 11.8. The largest absolute Gasteiger partial charge is 0.497 e. The Morgan fingerprint density at radius 2 is 2.05 bits per heavy atom. The number of ether oxygens (including phenoxy) is 1. The summed E-state index contributed by atoms with van der Waals surface area (Å²) in [6.07, 6.45) is 0.456. The Labute approximate surface area is 123 Å². The molecule has 0 aliphatic carbocycles. The average molecular weight is 277 g/mol. The molecule has 4 nitrogen and oxygen atoms in total. The predicted molar refractivity (Wildman–Crippen MR) is 82.0 cm³/mol. The highest BCUT2D eigenvalue weighted by Crippen LogP contribution is 2.27. The molecule has 0 spiro atoms. The van der Waals surface area contributed by atoms with E-state index in [0.29, 0.717) is 13.0 Å². The van der Waals surface area contributed by atoms with Gasteiger partial charge in [-0.2, -0.15) is 5.26 Å². The highest BCUT2D eigenvalue weighted by atomic mass is 16.5. The van der Waals surface area contributed by atoms with Gasteiger partial charge in [0.25, 0.3) is 0 Å². The second-order valence-electron chi connectivity index (χ2n) is 4.72. The average Bonchev–Trinajstić information content (AvgIpc) is 2.91. The van der Waals surface area contributed by atoms with E-state index in [1.807, 2.05) is 48.5 Å². The van der Waals surface area contributed by atoms with E-state index in [2.05, 4.69) is 10.6 Å². The van der Waals surface area contributed by atoms with Gasteiger partial charge in [-0.3, -0.25) is 0 Å². The van der Waals surface area contributed by atoms with Gasteiger partial charge in [-0.1, -0.05) is 24.3 Å². The first kappa shape index (κ1) is 13.2. The fraction of sp³-hybridized carbons (Fsp3) is 0.176. The van der Waals surface area contributed by atoms with Gasteiger partial charge in [0, 0.05) is 12.1 Å². The quantitative estimate of drug-likeness (QED) is 0.731. The third kappa shape index (κ3) is 2.46. The van der Waals surface area contributed by atoms with Gasteiger partial charge in [0.15, 0.2) is 0 Å². The van der Waals surface area contributed by atoms with Gasteiger partial charge in [-0.05, 0) is 24.3 Å². The minimum Gasteiger partial charge on any atom is -0.497 e. The molecule has 0 unspecified atom stereocenters. The van der Waals surface area contributed by atoms with E-state index in [9.17, 15) is 0 Å². The second kappa shape index (κ2) is 5.68. The molecular formula is C17H15N3O. The third-order valence-corrected chi connectivity index (χ3v) is 3.43. The number of aryl methyl sites for hydroxylation is 1. The number of benzene rings is 2. The van der Waals surface area contributed by atoms with Crippen LogP contribution in [0.1, 0.15) is 6.42 Å². The lowest BCUT2D eigenvalue weighted by Gasteiger charge is -2.08. The fourth-order valence-electron chi connectivity index (χ4n) is 2.45. The second-order valence-corrected chi connectivity index (χ2v) is 4.72. The first-order valence-corrected chi connectivity index (χ1v) is 6.80. The van der Waals surface area contributed by atoms with Crippen LogP contribution in [0.2, 0.25) is 0 Å². The van der Waals surface area contributed by atoms with Gasteiger partial charge in [-0.15, -0.1) is 0 Å². The smallest absolute Gasteiger partial charge is 0.141 e. The number of para-hydroxylation sites is 2. The third-order valence-electron chi connectivity index (χ3n) is 3.43. The minimum atomic E-state index is 0.456. The number of nitriles is 1. The van der Waals surface area contributed by atoms with Crippen molar-refractivity contribution in [3.63, 3.8) is 0 Å². The molecule has 0 atom stereocenters. The summed E-state index contributed by atoms with van der Waals surface area (Å²) in [6, 6.07) is 18.0. The molecular weight excluding hydrogens is 262 g/mol. The van der Waals surface area contributed by atoms with Crippen molar-refractivity contribution in [3.05, 3.63) is 48.5 Å². The minimum absolute atomic E-state index is 0.456. The van der Waals surface area contributed by atoms with Crippen molar-refractivity contribution >= 4 is 11.0 Å². The van der Waals surface area contributed by atoms with E-state index >= 15 is 0 Å². The van der Waals surface area contributed by atoms with Crippen LogP contribution in [0, 0.1) is 11.3 Å². The van der Waals surface area contributed by atoms with Gasteiger partial charge >= 0.3 is 0 Å². The molecule has 0 bridgehead atoms. The summed E-state index contributed by atoms with van der Waals surface area (Å²) >= 11 is 0. The Kier molecular flexibility index (Phi) is 3.57. The lowest BCUT2D eigenvalue weighted by atomic mass is 10.2. The molecule has 1 aromatic heterocycles. The SMILES string of the molecule is COc1cccc(-c2nc3ccccc3n2CCC#N)c1. The first-order chi connectivity index (χ1) is 10.3. The number of rotatable bonds is 4. The molecule has 0 aliphatic rings. The molecule has 3 rings (SSSR count). The number of fused-ring (bicyclic) bond motifs is 1. The summed E-state index contributed by atoms with van der Waals surface area (Å²) in [5.41, 5.74) is 2.97. The van der Waals surface area contributed by atoms with Crippen LogP contribution in [0.3, 0.4) is 0 Å². The van der Waals surface area contributed by atoms with E-state index < -0.39 is 0 Å². The van der Waals surface area contributed by atoms with Crippen molar-refractivity contribution in [3.8, 4) is 23.2 Å². The lowest BCUT2D eigenvalue weighted by Crippen LogP contribution is -2.00. The number of methoxy groups -OCH3 is 1. The molecule has 3 aromatic rings. The number of hydrogen-bond acceptors (Lipinski definition) is 3. The van der Waals surface area contributed by atoms with Crippen molar-refractivity contribution in [1.29, 1.82) is 5.26 Å². The molecule has 0 fully saturated rings. The topological polar surface area (TPSA) is 50.8 Å². The van der Waals surface area contributed by atoms with E-state index in [0.717, 1.165) is 28.2 Å². The lowest BCUT2D eigenvalue weighted by molar-refractivity contribution is 0.415. The van der Waals surface area contributed by atoms with Crippen molar-refractivity contribution in [2.75, 3.05) is 7.11 Å². The Bertz CT molecular complexity index is 814. The number of imidazole rings is 1.